The molecule has 0 bridgehead atoms. The Morgan fingerprint density at radius 2 is 1.49 bits per heavy atom. The molecule has 0 spiro atoms. The van der Waals surface area contributed by atoms with Crippen LogP contribution in [0.1, 0.15) is 55.5 Å². The number of unbranched alkanes of at least 4 members (excludes halogenated alkanes) is 2. The van der Waals surface area contributed by atoms with Gasteiger partial charge < -0.3 is 29.0 Å². The molecule has 0 atom stereocenters. The van der Waals surface area contributed by atoms with E-state index in [-0.39, 0.29) is 18.4 Å². The van der Waals surface area contributed by atoms with Gasteiger partial charge in [-0.1, -0.05) is 24.3 Å². The Kier molecular flexibility index (Phi) is 11.6. The Balaban J connectivity index is 1.59. The molecule has 1 amide bonds. The fraction of sp³-hybridized carbons (Fsp3) is 0.344. The number of carbonyl (C=O) groups excluding carboxylic acids is 2. The summed E-state index contributed by atoms with van der Waals surface area (Å²) >= 11 is 0. The van der Waals surface area contributed by atoms with Crippen molar-refractivity contribution in [1.82, 2.24) is 4.90 Å². The molecule has 0 radical (unpaired) electrons. The van der Waals surface area contributed by atoms with Gasteiger partial charge in [0.2, 0.25) is 0 Å². The predicted octanol–water partition coefficient (Wildman–Crippen LogP) is 6.58. The number of amides is 1. The van der Waals surface area contributed by atoms with E-state index in [0.29, 0.717) is 55.2 Å². The van der Waals surface area contributed by atoms with Crippen LogP contribution >= 0.6 is 0 Å². The second kappa shape index (κ2) is 15.3. The minimum atomic E-state index is -1.58. The number of esters is 1. The highest BCUT2D eigenvalue weighted by atomic mass is 16.7. The Morgan fingerprint density at radius 1 is 0.805 bits per heavy atom. The van der Waals surface area contributed by atoms with E-state index in [1.165, 1.54) is 0 Å². The fourth-order valence-corrected chi connectivity index (χ4v) is 4.25. The van der Waals surface area contributed by atoms with Crippen molar-refractivity contribution in [2.24, 2.45) is 0 Å². The zero-order chi connectivity index (χ0) is 29.8. The molecular formula is C32H37NO8. The van der Waals surface area contributed by atoms with Crippen LogP contribution in [0.2, 0.25) is 0 Å². The molecule has 3 aromatic rings. The quantitative estimate of drug-likeness (QED) is 0.133. The number of carbonyl (C=O) groups is 3. The van der Waals surface area contributed by atoms with Gasteiger partial charge in [-0.05, 0) is 86.2 Å². The maximum atomic E-state index is 13.5. The summed E-state index contributed by atoms with van der Waals surface area (Å²) in [5.74, 6) is 1.26. The molecule has 0 aromatic heterocycles. The maximum absolute atomic E-state index is 13.5. The third-order valence-corrected chi connectivity index (χ3v) is 6.45. The second-order valence-corrected chi connectivity index (χ2v) is 9.75. The largest absolute Gasteiger partial charge is 0.513 e. The van der Waals surface area contributed by atoms with Crippen LogP contribution in [-0.4, -0.2) is 54.9 Å². The zero-order valence-corrected chi connectivity index (χ0v) is 23.9. The van der Waals surface area contributed by atoms with E-state index in [1.807, 2.05) is 85.5 Å². The van der Waals surface area contributed by atoms with Crippen LogP contribution in [-0.2, 0) is 16.1 Å². The standard InChI is InChI=1S/C32H37NO8/c1-22(2)33(21-23-9-8-10-27(17-23)40-16-7-5-6-11-30(34)41-32(36)37)31(35)25-14-12-24(13-15-25)26-18-28(38-3)20-29(19-26)39-4/h8-10,12-15,17-20,22H,5-7,11,16,21H2,1-4H3,(H,36,37). The molecule has 0 fully saturated rings. The highest BCUT2D eigenvalue weighted by Gasteiger charge is 2.20. The molecule has 0 heterocycles. The molecule has 3 rings (SSSR count). The smallest absolute Gasteiger partial charge is 0.497 e. The Morgan fingerprint density at radius 3 is 2.10 bits per heavy atom. The van der Waals surface area contributed by atoms with Crippen LogP contribution in [0, 0.1) is 0 Å². The second-order valence-electron chi connectivity index (χ2n) is 9.75. The highest BCUT2D eigenvalue weighted by Crippen LogP contribution is 2.30. The number of nitrogens with zero attached hydrogens (tertiary/aromatic N) is 1. The van der Waals surface area contributed by atoms with Gasteiger partial charge >= 0.3 is 12.1 Å². The van der Waals surface area contributed by atoms with E-state index in [2.05, 4.69) is 4.74 Å². The molecule has 9 heteroatoms. The van der Waals surface area contributed by atoms with Crippen LogP contribution in [0.3, 0.4) is 0 Å². The predicted molar refractivity (Wildman–Crippen MR) is 155 cm³/mol. The molecule has 9 nitrogen and oxygen atoms in total. The third-order valence-electron chi connectivity index (χ3n) is 6.45. The summed E-state index contributed by atoms with van der Waals surface area (Å²) in [5, 5.41) is 8.43. The molecule has 0 saturated carbocycles. The summed E-state index contributed by atoms with van der Waals surface area (Å²) < 4.78 is 20.7. The van der Waals surface area contributed by atoms with Crippen molar-refractivity contribution in [3.63, 3.8) is 0 Å². The van der Waals surface area contributed by atoms with E-state index in [9.17, 15) is 14.4 Å². The molecule has 0 aliphatic rings. The van der Waals surface area contributed by atoms with E-state index < -0.39 is 12.1 Å². The number of ether oxygens (including phenoxy) is 4. The summed E-state index contributed by atoms with van der Waals surface area (Å²) in [6, 6.07) is 20.8. The van der Waals surface area contributed by atoms with Crippen molar-refractivity contribution in [2.75, 3.05) is 20.8 Å². The van der Waals surface area contributed by atoms with Crippen molar-refractivity contribution >= 4 is 18.0 Å². The average Bonchev–Trinajstić information content (AvgIpc) is 2.96. The summed E-state index contributed by atoms with van der Waals surface area (Å²) in [6.07, 6.45) is 0.405. The van der Waals surface area contributed by atoms with E-state index in [4.69, 9.17) is 19.3 Å². The Labute approximate surface area is 240 Å². The SMILES string of the molecule is COc1cc(OC)cc(-c2ccc(C(=O)N(Cc3cccc(OCCCCCC(=O)OC(=O)O)c3)C(C)C)cc2)c1. The van der Waals surface area contributed by atoms with Crippen molar-refractivity contribution in [3.05, 3.63) is 77.9 Å². The van der Waals surface area contributed by atoms with Gasteiger partial charge in [0.1, 0.15) is 17.2 Å². The first-order valence-electron chi connectivity index (χ1n) is 13.5. The van der Waals surface area contributed by atoms with Crippen molar-refractivity contribution in [3.8, 4) is 28.4 Å². The van der Waals surface area contributed by atoms with Crippen LogP contribution in [0.5, 0.6) is 17.2 Å². The molecule has 3 aromatic carbocycles. The minimum absolute atomic E-state index is 0.0257. The third kappa shape index (κ3) is 9.56. The lowest BCUT2D eigenvalue weighted by Gasteiger charge is -2.27. The molecule has 0 aliphatic heterocycles. The number of carboxylic acid groups (broad SMARTS) is 1. The van der Waals surface area contributed by atoms with Crippen molar-refractivity contribution in [2.45, 2.75) is 52.1 Å². The van der Waals surface area contributed by atoms with Gasteiger partial charge in [-0.2, -0.15) is 0 Å². The van der Waals surface area contributed by atoms with Gasteiger partial charge in [0, 0.05) is 30.6 Å². The Hall–Kier alpha value is -4.53. The summed E-state index contributed by atoms with van der Waals surface area (Å²) in [4.78, 5) is 36.9. The van der Waals surface area contributed by atoms with Gasteiger partial charge in [-0.3, -0.25) is 9.59 Å². The molecule has 0 unspecified atom stereocenters. The van der Waals surface area contributed by atoms with Gasteiger partial charge in [-0.15, -0.1) is 0 Å². The fourth-order valence-electron chi connectivity index (χ4n) is 4.25. The molecule has 1 N–H and O–H groups in total. The Bertz CT molecular complexity index is 1300. The monoisotopic (exact) mass is 563 g/mol. The first-order valence-corrected chi connectivity index (χ1v) is 13.5. The van der Waals surface area contributed by atoms with Gasteiger partial charge in [0.25, 0.3) is 5.91 Å². The number of benzene rings is 3. The first-order chi connectivity index (χ1) is 19.7. The highest BCUT2D eigenvalue weighted by molar-refractivity contribution is 5.95. The van der Waals surface area contributed by atoms with E-state index in [0.717, 1.165) is 16.7 Å². The van der Waals surface area contributed by atoms with Crippen LogP contribution < -0.4 is 14.2 Å². The summed E-state index contributed by atoms with van der Waals surface area (Å²) in [5.41, 5.74) is 3.41. The van der Waals surface area contributed by atoms with E-state index >= 15 is 0 Å². The van der Waals surface area contributed by atoms with Gasteiger partial charge in [0.15, 0.2) is 0 Å². The zero-order valence-electron chi connectivity index (χ0n) is 23.9. The van der Waals surface area contributed by atoms with Gasteiger partial charge in [0.05, 0.1) is 20.8 Å². The maximum Gasteiger partial charge on any atom is 0.513 e. The minimum Gasteiger partial charge on any atom is -0.497 e. The summed E-state index contributed by atoms with van der Waals surface area (Å²) in [6.45, 7) is 4.85. The lowest BCUT2D eigenvalue weighted by atomic mass is 10.0. The topological polar surface area (TPSA) is 112 Å². The van der Waals surface area contributed by atoms with Gasteiger partial charge in [-0.25, -0.2) is 4.79 Å². The molecule has 0 saturated heterocycles. The van der Waals surface area contributed by atoms with Crippen LogP contribution in [0.15, 0.2) is 66.7 Å². The van der Waals surface area contributed by atoms with Crippen LogP contribution in [0.25, 0.3) is 11.1 Å². The molecule has 0 aliphatic carbocycles. The van der Waals surface area contributed by atoms with E-state index in [1.54, 1.807) is 14.2 Å². The van der Waals surface area contributed by atoms with Crippen molar-refractivity contribution in [1.29, 1.82) is 0 Å². The number of rotatable bonds is 14. The average molecular weight is 564 g/mol. The lowest BCUT2D eigenvalue weighted by Crippen LogP contribution is -2.36. The number of hydrogen-bond acceptors (Lipinski definition) is 7. The molecule has 41 heavy (non-hydrogen) atoms. The molecular weight excluding hydrogens is 526 g/mol. The lowest BCUT2D eigenvalue weighted by molar-refractivity contribution is -0.139. The number of hydrogen-bond donors (Lipinski definition) is 1. The van der Waals surface area contributed by atoms with Crippen molar-refractivity contribution < 1.29 is 38.4 Å². The summed E-state index contributed by atoms with van der Waals surface area (Å²) in [7, 11) is 3.22. The normalized spacial score (nSPS) is 10.7. The number of methoxy groups -OCH3 is 2. The van der Waals surface area contributed by atoms with Crippen LogP contribution in [0.4, 0.5) is 4.79 Å². The first kappa shape index (κ1) is 31.0. The molecule has 218 valence electrons.